The van der Waals surface area contributed by atoms with Crippen molar-refractivity contribution in [3.63, 3.8) is 0 Å². The van der Waals surface area contributed by atoms with E-state index in [0.29, 0.717) is 30.4 Å². The SMILES string of the molecule is C=CCC(CC(CC)OC(=O)c1ccccc1)OC(=O)c1ccccc1. The lowest BCUT2D eigenvalue weighted by Gasteiger charge is -2.22. The molecule has 0 amide bonds. The molecule has 0 saturated carbocycles. The molecule has 0 aliphatic carbocycles. The van der Waals surface area contributed by atoms with Gasteiger partial charge in [-0.25, -0.2) is 9.59 Å². The first kappa shape index (κ1) is 19.4. The summed E-state index contributed by atoms with van der Waals surface area (Å²) in [6.45, 7) is 5.66. The number of rotatable bonds is 9. The Bertz CT molecular complexity index is 709. The van der Waals surface area contributed by atoms with Crippen molar-refractivity contribution in [2.45, 2.75) is 38.4 Å². The van der Waals surface area contributed by atoms with Crippen LogP contribution in [0.5, 0.6) is 0 Å². The Labute approximate surface area is 154 Å². The van der Waals surface area contributed by atoms with Gasteiger partial charge in [0.15, 0.2) is 0 Å². The normalized spacial score (nSPS) is 12.7. The van der Waals surface area contributed by atoms with Crippen LogP contribution in [0, 0.1) is 0 Å². The molecule has 4 heteroatoms. The lowest BCUT2D eigenvalue weighted by molar-refractivity contribution is -0.000409. The third kappa shape index (κ3) is 5.88. The van der Waals surface area contributed by atoms with Crippen LogP contribution in [0.25, 0.3) is 0 Å². The number of hydrogen-bond donors (Lipinski definition) is 0. The Morgan fingerprint density at radius 1 is 0.885 bits per heavy atom. The zero-order valence-electron chi connectivity index (χ0n) is 15.0. The van der Waals surface area contributed by atoms with Gasteiger partial charge in [-0.2, -0.15) is 0 Å². The summed E-state index contributed by atoms with van der Waals surface area (Å²) in [6.07, 6.45) is 2.53. The zero-order chi connectivity index (χ0) is 18.8. The van der Waals surface area contributed by atoms with Crippen molar-refractivity contribution in [1.82, 2.24) is 0 Å². The third-order valence-electron chi connectivity index (χ3n) is 3.98. The van der Waals surface area contributed by atoms with Crippen LogP contribution in [-0.2, 0) is 9.47 Å². The van der Waals surface area contributed by atoms with Gasteiger partial charge in [-0.1, -0.05) is 49.4 Å². The summed E-state index contributed by atoms with van der Waals surface area (Å²) in [5.41, 5.74) is 1.00. The molecular formula is C22H24O4. The fraction of sp³-hybridized carbons (Fsp3) is 0.273. The van der Waals surface area contributed by atoms with Crippen molar-refractivity contribution >= 4 is 11.9 Å². The van der Waals surface area contributed by atoms with Gasteiger partial charge in [0.25, 0.3) is 0 Å². The van der Waals surface area contributed by atoms with Crippen molar-refractivity contribution in [3.05, 3.63) is 84.4 Å². The van der Waals surface area contributed by atoms with E-state index in [1.54, 1.807) is 54.6 Å². The van der Waals surface area contributed by atoms with E-state index in [4.69, 9.17) is 9.47 Å². The third-order valence-corrected chi connectivity index (χ3v) is 3.98. The second-order valence-corrected chi connectivity index (χ2v) is 5.96. The van der Waals surface area contributed by atoms with Gasteiger partial charge in [-0.3, -0.25) is 0 Å². The Morgan fingerprint density at radius 3 is 1.77 bits per heavy atom. The lowest BCUT2D eigenvalue weighted by atomic mass is 10.1. The molecule has 2 rings (SSSR count). The molecule has 0 aliphatic heterocycles. The standard InChI is InChI=1S/C22H24O4/c1-3-11-20(26-22(24)18-14-9-6-10-15-18)16-19(4-2)25-21(23)17-12-7-5-8-13-17/h3,5-10,12-15,19-20H,1,4,11,16H2,2H3. The van der Waals surface area contributed by atoms with E-state index in [9.17, 15) is 9.59 Å². The first-order chi connectivity index (χ1) is 12.6. The number of carbonyl (C=O) groups excluding carboxylic acids is 2. The van der Waals surface area contributed by atoms with E-state index < -0.39 is 6.10 Å². The van der Waals surface area contributed by atoms with Crippen LogP contribution in [0.2, 0.25) is 0 Å². The van der Waals surface area contributed by atoms with Crippen molar-refractivity contribution < 1.29 is 19.1 Å². The Hall–Kier alpha value is -2.88. The van der Waals surface area contributed by atoms with E-state index in [-0.39, 0.29) is 18.0 Å². The molecule has 2 aromatic rings. The molecule has 2 atom stereocenters. The predicted octanol–water partition coefficient (Wildman–Crippen LogP) is 4.81. The second-order valence-electron chi connectivity index (χ2n) is 5.96. The van der Waals surface area contributed by atoms with Crippen molar-refractivity contribution in [1.29, 1.82) is 0 Å². The molecular weight excluding hydrogens is 328 g/mol. The molecule has 2 aromatic carbocycles. The predicted molar refractivity (Wildman–Crippen MR) is 101 cm³/mol. The lowest BCUT2D eigenvalue weighted by Crippen LogP contribution is -2.27. The average Bonchev–Trinajstić information content (AvgIpc) is 2.68. The second kappa shape index (κ2) is 10.2. The van der Waals surface area contributed by atoms with Crippen LogP contribution in [0.1, 0.15) is 46.9 Å². The maximum absolute atomic E-state index is 12.3. The van der Waals surface area contributed by atoms with Crippen molar-refractivity contribution in [2.75, 3.05) is 0 Å². The Kier molecular flexibility index (Phi) is 7.62. The van der Waals surface area contributed by atoms with Crippen LogP contribution in [0.15, 0.2) is 73.3 Å². The Balaban J connectivity index is 1.98. The largest absolute Gasteiger partial charge is 0.459 e. The summed E-state index contributed by atoms with van der Waals surface area (Å²) < 4.78 is 11.2. The van der Waals surface area contributed by atoms with Gasteiger partial charge in [-0.05, 0) is 30.7 Å². The molecule has 0 radical (unpaired) electrons. The van der Waals surface area contributed by atoms with Gasteiger partial charge >= 0.3 is 11.9 Å². The highest BCUT2D eigenvalue weighted by Gasteiger charge is 2.22. The monoisotopic (exact) mass is 352 g/mol. The van der Waals surface area contributed by atoms with Gasteiger partial charge < -0.3 is 9.47 Å². The van der Waals surface area contributed by atoms with E-state index in [2.05, 4.69) is 6.58 Å². The maximum Gasteiger partial charge on any atom is 0.338 e. The minimum atomic E-state index is -0.395. The quantitative estimate of drug-likeness (QED) is 0.480. The molecule has 136 valence electrons. The zero-order valence-corrected chi connectivity index (χ0v) is 15.0. The minimum absolute atomic E-state index is 0.337. The number of benzene rings is 2. The molecule has 0 heterocycles. The van der Waals surface area contributed by atoms with Crippen LogP contribution in [0.4, 0.5) is 0 Å². The highest BCUT2D eigenvalue weighted by Crippen LogP contribution is 2.17. The molecule has 0 aliphatic rings. The number of esters is 2. The van der Waals surface area contributed by atoms with E-state index in [1.165, 1.54) is 0 Å². The van der Waals surface area contributed by atoms with Gasteiger partial charge in [-0.15, -0.1) is 6.58 Å². The molecule has 0 saturated heterocycles. The highest BCUT2D eigenvalue weighted by molar-refractivity contribution is 5.90. The summed E-state index contributed by atoms with van der Waals surface area (Å²) in [7, 11) is 0. The van der Waals surface area contributed by atoms with E-state index in [1.807, 2.05) is 19.1 Å². The van der Waals surface area contributed by atoms with Crippen LogP contribution in [-0.4, -0.2) is 24.1 Å². The molecule has 0 spiro atoms. The summed E-state index contributed by atoms with van der Waals surface area (Å²) >= 11 is 0. The van der Waals surface area contributed by atoms with Crippen molar-refractivity contribution in [2.24, 2.45) is 0 Å². The molecule has 0 bridgehead atoms. The molecule has 0 aromatic heterocycles. The van der Waals surface area contributed by atoms with E-state index in [0.717, 1.165) is 0 Å². The topological polar surface area (TPSA) is 52.6 Å². The Morgan fingerprint density at radius 2 is 1.35 bits per heavy atom. The molecule has 4 nitrogen and oxygen atoms in total. The van der Waals surface area contributed by atoms with Gasteiger partial charge in [0.2, 0.25) is 0 Å². The van der Waals surface area contributed by atoms with Gasteiger partial charge in [0.05, 0.1) is 11.1 Å². The summed E-state index contributed by atoms with van der Waals surface area (Å²) in [5, 5.41) is 0. The summed E-state index contributed by atoms with van der Waals surface area (Å²) in [5.74, 6) is -0.758. The van der Waals surface area contributed by atoms with E-state index >= 15 is 0 Å². The first-order valence-electron chi connectivity index (χ1n) is 8.77. The van der Waals surface area contributed by atoms with Crippen LogP contribution >= 0.6 is 0 Å². The minimum Gasteiger partial charge on any atom is -0.459 e. The maximum atomic E-state index is 12.3. The highest BCUT2D eigenvalue weighted by atomic mass is 16.6. The first-order valence-corrected chi connectivity index (χ1v) is 8.77. The van der Waals surface area contributed by atoms with Crippen molar-refractivity contribution in [3.8, 4) is 0 Å². The number of hydrogen-bond acceptors (Lipinski definition) is 4. The smallest absolute Gasteiger partial charge is 0.338 e. The summed E-state index contributed by atoms with van der Waals surface area (Å²) in [4.78, 5) is 24.5. The van der Waals surface area contributed by atoms with Crippen LogP contribution < -0.4 is 0 Å². The molecule has 2 unspecified atom stereocenters. The molecule has 0 fully saturated rings. The number of ether oxygens (including phenoxy) is 2. The van der Waals surface area contributed by atoms with Gasteiger partial charge in [0, 0.05) is 12.8 Å². The number of carbonyl (C=O) groups is 2. The fourth-order valence-electron chi connectivity index (χ4n) is 2.56. The van der Waals surface area contributed by atoms with Crippen LogP contribution in [0.3, 0.4) is 0 Å². The average molecular weight is 352 g/mol. The molecule has 0 N–H and O–H groups in total. The summed E-state index contributed by atoms with van der Waals surface area (Å²) in [6, 6.07) is 17.7. The fourth-order valence-corrected chi connectivity index (χ4v) is 2.56. The van der Waals surface area contributed by atoms with Gasteiger partial charge in [0.1, 0.15) is 12.2 Å². The molecule has 26 heavy (non-hydrogen) atoms.